The summed E-state index contributed by atoms with van der Waals surface area (Å²) in [5, 5.41) is 4.44. The van der Waals surface area contributed by atoms with Crippen molar-refractivity contribution in [2.45, 2.75) is 38.1 Å². The predicted octanol–water partition coefficient (Wildman–Crippen LogP) is 1.77. The van der Waals surface area contributed by atoms with Crippen LogP contribution in [0.1, 0.15) is 18.9 Å². The Balaban J connectivity index is 1.69. The number of nitrogens with two attached hydrogens (primary N) is 1. The van der Waals surface area contributed by atoms with Gasteiger partial charge in [-0.1, -0.05) is 48.5 Å². The van der Waals surface area contributed by atoms with E-state index in [1.54, 1.807) is 6.92 Å². The molecule has 1 aliphatic rings. The van der Waals surface area contributed by atoms with Crippen molar-refractivity contribution in [3.63, 3.8) is 0 Å². The molecule has 3 N–H and O–H groups in total. The Hall–Kier alpha value is -2.90. The van der Waals surface area contributed by atoms with Crippen LogP contribution in [-0.4, -0.2) is 36.8 Å². The first kappa shape index (κ1) is 19.9. The first-order chi connectivity index (χ1) is 13.6. The number of hydroxylamine groups is 1. The molecule has 7 heteroatoms. The molecule has 3 atom stereocenters. The molecule has 0 spiro atoms. The number of esters is 1. The van der Waals surface area contributed by atoms with Gasteiger partial charge in [0.05, 0.1) is 18.3 Å². The number of benzene rings is 2. The minimum atomic E-state index is -0.782. The van der Waals surface area contributed by atoms with Gasteiger partial charge in [-0.2, -0.15) is 0 Å². The average molecular weight is 383 g/mol. The Morgan fingerprint density at radius 1 is 1.18 bits per heavy atom. The molecule has 7 nitrogen and oxygen atoms in total. The Kier molecular flexibility index (Phi) is 6.62. The molecule has 28 heavy (non-hydrogen) atoms. The molecule has 0 bridgehead atoms. The quantitative estimate of drug-likeness (QED) is 0.708. The van der Waals surface area contributed by atoms with E-state index in [2.05, 4.69) is 5.32 Å². The van der Waals surface area contributed by atoms with E-state index in [1.165, 1.54) is 5.06 Å². The summed E-state index contributed by atoms with van der Waals surface area (Å²) in [6.07, 6.45) is -0.605. The lowest BCUT2D eigenvalue weighted by Gasteiger charge is -2.26. The summed E-state index contributed by atoms with van der Waals surface area (Å²) in [4.78, 5) is 30.5. The summed E-state index contributed by atoms with van der Waals surface area (Å²) in [6.45, 7) is 2.01. The zero-order valence-electron chi connectivity index (χ0n) is 15.8. The third-order valence-electron chi connectivity index (χ3n) is 4.47. The number of para-hydroxylation sites is 1. The molecular formula is C21H25N3O4. The van der Waals surface area contributed by atoms with Gasteiger partial charge in [-0.05, 0) is 31.0 Å². The zero-order chi connectivity index (χ0) is 19.9. The van der Waals surface area contributed by atoms with Crippen molar-refractivity contribution in [1.82, 2.24) is 5.32 Å². The van der Waals surface area contributed by atoms with Crippen LogP contribution in [0.4, 0.5) is 5.69 Å². The van der Waals surface area contributed by atoms with E-state index >= 15 is 0 Å². The molecule has 2 aromatic carbocycles. The summed E-state index contributed by atoms with van der Waals surface area (Å²) in [5.41, 5.74) is 7.81. The Labute approximate surface area is 164 Å². The van der Waals surface area contributed by atoms with Crippen molar-refractivity contribution >= 4 is 17.6 Å². The lowest BCUT2D eigenvalue weighted by atomic mass is 10.1. The van der Waals surface area contributed by atoms with Crippen LogP contribution in [0, 0.1) is 0 Å². The largest absolute Gasteiger partial charge is 0.464 e. The van der Waals surface area contributed by atoms with Crippen LogP contribution < -0.4 is 16.1 Å². The number of nitrogens with one attached hydrogen (secondary N) is 1. The van der Waals surface area contributed by atoms with Crippen molar-refractivity contribution in [3.8, 4) is 0 Å². The van der Waals surface area contributed by atoms with Crippen molar-refractivity contribution < 1.29 is 19.2 Å². The van der Waals surface area contributed by atoms with E-state index in [9.17, 15) is 9.59 Å². The monoisotopic (exact) mass is 383 g/mol. The Morgan fingerprint density at radius 3 is 2.46 bits per heavy atom. The second-order valence-electron chi connectivity index (χ2n) is 6.56. The molecule has 1 fully saturated rings. The second-order valence-corrected chi connectivity index (χ2v) is 6.56. The maximum Gasteiger partial charge on any atom is 0.338 e. The number of nitrogens with zero attached hydrogens (tertiary/aromatic N) is 1. The summed E-state index contributed by atoms with van der Waals surface area (Å²) in [5.74, 6) is -0.753. The number of hydrogen-bond donors (Lipinski definition) is 2. The molecule has 148 valence electrons. The van der Waals surface area contributed by atoms with E-state index in [1.807, 2.05) is 60.7 Å². The standard InChI is InChI=1S/C21H25N3O4/c1-2-27-21(26)18-14-19(24(28-18)16-11-7-4-8-12-16)23-20(25)17(22)13-15-9-5-3-6-10-15/h3-12,17-19H,2,13-14,22H2,1H3,(H,23,25)/t17-,18+,19+/m0/s1. The van der Waals surface area contributed by atoms with Crippen molar-refractivity contribution in [3.05, 3.63) is 66.2 Å². The van der Waals surface area contributed by atoms with Gasteiger partial charge >= 0.3 is 5.97 Å². The summed E-state index contributed by atoms with van der Waals surface area (Å²) in [7, 11) is 0. The van der Waals surface area contributed by atoms with Gasteiger partial charge in [0.15, 0.2) is 6.10 Å². The van der Waals surface area contributed by atoms with Crippen LogP contribution in [0.25, 0.3) is 0 Å². The molecule has 0 unspecified atom stereocenters. The van der Waals surface area contributed by atoms with E-state index < -0.39 is 24.3 Å². The van der Waals surface area contributed by atoms with Gasteiger partial charge in [-0.15, -0.1) is 0 Å². The Morgan fingerprint density at radius 2 is 1.82 bits per heavy atom. The van der Waals surface area contributed by atoms with Crippen LogP contribution in [0.15, 0.2) is 60.7 Å². The van der Waals surface area contributed by atoms with E-state index in [0.29, 0.717) is 6.42 Å². The smallest absolute Gasteiger partial charge is 0.338 e. The van der Waals surface area contributed by atoms with Crippen LogP contribution in [-0.2, 0) is 25.6 Å². The summed E-state index contributed by atoms with van der Waals surface area (Å²) >= 11 is 0. The molecule has 1 heterocycles. The fourth-order valence-electron chi connectivity index (χ4n) is 3.09. The van der Waals surface area contributed by atoms with E-state index in [0.717, 1.165) is 11.3 Å². The van der Waals surface area contributed by atoms with Crippen molar-refractivity contribution in [2.24, 2.45) is 5.73 Å². The molecule has 1 aliphatic heterocycles. The SMILES string of the molecule is CCOC(=O)[C@H]1C[C@H](NC(=O)[C@@H](N)Cc2ccccc2)N(c2ccccc2)O1. The van der Waals surface area contributed by atoms with Crippen LogP contribution in [0.2, 0.25) is 0 Å². The molecule has 0 aliphatic carbocycles. The fourth-order valence-corrected chi connectivity index (χ4v) is 3.09. The molecule has 2 aromatic rings. The van der Waals surface area contributed by atoms with Gasteiger partial charge in [0.2, 0.25) is 5.91 Å². The number of carbonyl (C=O) groups is 2. The molecule has 1 amide bonds. The highest BCUT2D eigenvalue weighted by Crippen LogP contribution is 2.27. The van der Waals surface area contributed by atoms with E-state index in [4.69, 9.17) is 15.3 Å². The number of rotatable bonds is 7. The molecule has 3 rings (SSSR count). The van der Waals surface area contributed by atoms with Gasteiger partial charge in [0.1, 0.15) is 6.17 Å². The lowest BCUT2D eigenvalue weighted by Crippen LogP contribution is -2.50. The number of carbonyl (C=O) groups excluding carboxylic acids is 2. The third-order valence-corrected chi connectivity index (χ3v) is 4.47. The topological polar surface area (TPSA) is 93.9 Å². The van der Waals surface area contributed by atoms with Crippen LogP contribution in [0.3, 0.4) is 0 Å². The van der Waals surface area contributed by atoms with E-state index in [-0.39, 0.29) is 18.9 Å². The highest BCUT2D eigenvalue weighted by molar-refractivity contribution is 5.83. The first-order valence-electron chi connectivity index (χ1n) is 9.36. The number of hydrogen-bond acceptors (Lipinski definition) is 6. The van der Waals surface area contributed by atoms with Gasteiger partial charge < -0.3 is 15.8 Å². The van der Waals surface area contributed by atoms with Crippen LogP contribution in [0.5, 0.6) is 0 Å². The molecular weight excluding hydrogens is 358 g/mol. The highest BCUT2D eigenvalue weighted by atomic mass is 16.7. The number of ether oxygens (including phenoxy) is 1. The minimum Gasteiger partial charge on any atom is -0.464 e. The van der Waals surface area contributed by atoms with Gasteiger partial charge in [-0.25, -0.2) is 9.86 Å². The van der Waals surface area contributed by atoms with Gasteiger partial charge in [0.25, 0.3) is 0 Å². The molecule has 1 saturated heterocycles. The maximum absolute atomic E-state index is 12.6. The minimum absolute atomic E-state index is 0.267. The molecule has 0 aromatic heterocycles. The molecule has 0 saturated carbocycles. The Bertz CT molecular complexity index is 785. The van der Waals surface area contributed by atoms with Crippen LogP contribution >= 0.6 is 0 Å². The summed E-state index contributed by atoms with van der Waals surface area (Å²) in [6, 6.07) is 18.2. The van der Waals surface area contributed by atoms with Crippen molar-refractivity contribution in [1.29, 1.82) is 0 Å². The van der Waals surface area contributed by atoms with Gasteiger partial charge in [0, 0.05) is 6.42 Å². The van der Waals surface area contributed by atoms with Gasteiger partial charge in [-0.3, -0.25) is 9.63 Å². The summed E-state index contributed by atoms with van der Waals surface area (Å²) < 4.78 is 5.06. The normalized spacial score (nSPS) is 19.9. The first-order valence-corrected chi connectivity index (χ1v) is 9.36. The lowest BCUT2D eigenvalue weighted by molar-refractivity contribution is -0.154. The number of anilines is 1. The second kappa shape index (κ2) is 9.34. The predicted molar refractivity (Wildman–Crippen MR) is 105 cm³/mol. The number of amides is 1. The fraction of sp³-hybridized carbons (Fsp3) is 0.333. The highest BCUT2D eigenvalue weighted by Gasteiger charge is 2.40. The van der Waals surface area contributed by atoms with Crippen molar-refractivity contribution in [2.75, 3.05) is 11.7 Å². The third kappa shape index (κ3) is 4.88. The maximum atomic E-state index is 12.6. The average Bonchev–Trinajstić information content (AvgIpc) is 3.13. The zero-order valence-corrected chi connectivity index (χ0v) is 15.8. The molecule has 0 radical (unpaired) electrons.